The van der Waals surface area contributed by atoms with Crippen LogP contribution < -0.4 is 5.32 Å². The van der Waals surface area contributed by atoms with Crippen LogP contribution in [0.1, 0.15) is 36.2 Å². The minimum absolute atomic E-state index is 0.0983. The number of thiophene rings is 1. The van der Waals surface area contributed by atoms with E-state index in [4.69, 9.17) is 0 Å². The lowest BCUT2D eigenvalue weighted by Crippen LogP contribution is -2.32. The standard InChI is InChI=1S/C15H18N2O2S2/c18-12-3-1-10(2-4-12)7-16-14(19)13-9-21-15(17-13)11-5-6-20-8-11/h5-6,8-10,12,18H,1-4,7H2,(H,16,19). The number of aliphatic hydroxyl groups excluding tert-OH is 1. The van der Waals surface area contributed by atoms with Crippen LogP contribution >= 0.6 is 22.7 Å². The minimum Gasteiger partial charge on any atom is -0.393 e. The molecule has 3 rings (SSSR count). The van der Waals surface area contributed by atoms with Gasteiger partial charge in [-0.25, -0.2) is 4.98 Å². The predicted molar refractivity (Wildman–Crippen MR) is 85.7 cm³/mol. The predicted octanol–water partition coefficient (Wildman–Crippen LogP) is 3.15. The van der Waals surface area contributed by atoms with Crippen LogP contribution in [0.2, 0.25) is 0 Å². The Labute approximate surface area is 131 Å². The third-order valence-corrected chi connectivity index (χ3v) is 5.45. The summed E-state index contributed by atoms with van der Waals surface area (Å²) < 4.78 is 0. The average Bonchev–Trinajstić information content (AvgIpc) is 3.17. The summed E-state index contributed by atoms with van der Waals surface area (Å²) in [5, 5.41) is 19.2. The molecule has 0 unspecified atom stereocenters. The maximum Gasteiger partial charge on any atom is 0.270 e. The third kappa shape index (κ3) is 3.70. The zero-order valence-corrected chi connectivity index (χ0v) is 13.3. The number of nitrogens with zero attached hydrogens (tertiary/aromatic N) is 1. The molecule has 6 heteroatoms. The second-order valence-electron chi connectivity index (χ2n) is 5.43. The van der Waals surface area contributed by atoms with Gasteiger partial charge in [-0.3, -0.25) is 4.79 Å². The van der Waals surface area contributed by atoms with Crippen LogP contribution in [0.3, 0.4) is 0 Å². The molecule has 112 valence electrons. The molecule has 0 aromatic carbocycles. The Bertz CT molecular complexity index is 587. The van der Waals surface area contributed by atoms with Gasteiger partial charge in [0.05, 0.1) is 6.10 Å². The molecule has 2 aromatic heterocycles. The number of carbonyl (C=O) groups excluding carboxylic acids is 1. The van der Waals surface area contributed by atoms with E-state index in [2.05, 4.69) is 10.3 Å². The van der Waals surface area contributed by atoms with Gasteiger partial charge < -0.3 is 10.4 Å². The smallest absolute Gasteiger partial charge is 0.270 e. The number of aromatic nitrogens is 1. The van der Waals surface area contributed by atoms with Crippen LogP contribution in [0.15, 0.2) is 22.2 Å². The first-order valence-corrected chi connectivity index (χ1v) is 8.99. The van der Waals surface area contributed by atoms with E-state index in [1.165, 1.54) is 11.3 Å². The molecule has 0 aliphatic heterocycles. The van der Waals surface area contributed by atoms with Gasteiger partial charge in [-0.05, 0) is 43.0 Å². The van der Waals surface area contributed by atoms with Crippen LogP contribution in [0.4, 0.5) is 0 Å². The Hall–Kier alpha value is -1.24. The highest BCUT2D eigenvalue weighted by Gasteiger charge is 2.20. The molecule has 1 aliphatic carbocycles. The Morgan fingerprint density at radius 1 is 1.33 bits per heavy atom. The van der Waals surface area contributed by atoms with Crippen molar-refractivity contribution in [2.75, 3.05) is 6.54 Å². The van der Waals surface area contributed by atoms with E-state index in [0.717, 1.165) is 36.3 Å². The van der Waals surface area contributed by atoms with Gasteiger partial charge in [0.25, 0.3) is 5.91 Å². The molecule has 2 aromatic rings. The lowest BCUT2D eigenvalue weighted by Gasteiger charge is -2.25. The van der Waals surface area contributed by atoms with Crippen LogP contribution in [0, 0.1) is 5.92 Å². The second-order valence-corrected chi connectivity index (χ2v) is 7.07. The number of hydrogen-bond donors (Lipinski definition) is 2. The molecule has 2 N–H and O–H groups in total. The van der Waals surface area contributed by atoms with Gasteiger partial charge in [-0.15, -0.1) is 11.3 Å². The third-order valence-electron chi connectivity index (χ3n) is 3.87. The van der Waals surface area contributed by atoms with E-state index in [1.807, 2.05) is 22.2 Å². The Balaban J connectivity index is 1.54. The normalized spacial score (nSPS) is 22.1. The SMILES string of the molecule is O=C(NCC1CCC(O)CC1)c1csc(-c2ccsc2)n1. The molecule has 0 saturated heterocycles. The Morgan fingerprint density at radius 2 is 2.14 bits per heavy atom. The number of rotatable bonds is 4. The van der Waals surface area contributed by atoms with Crippen molar-refractivity contribution in [1.82, 2.24) is 10.3 Å². The highest BCUT2D eigenvalue weighted by Crippen LogP contribution is 2.26. The molecule has 0 bridgehead atoms. The lowest BCUT2D eigenvalue weighted by atomic mass is 9.87. The highest BCUT2D eigenvalue weighted by atomic mass is 32.1. The molecule has 1 aliphatic rings. The summed E-state index contributed by atoms with van der Waals surface area (Å²) >= 11 is 3.13. The number of hydrogen-bond acceptors (Lipinski definition) is 5. The fourth-order valence-corrected chi connectivity index (χ4v) is 4.09. The molecule has 4 nitrogen and oxygen atoms in total. The molecule has 1 fully saturated rings. The number of amides is 1. The molecular formula is C15H18N2O2S2. The molecular weight excluding hydrogens is 304 g/mol. The number of nitrogens with one attached hydrogen (secondary N) is 1. The zero-order chi connectivity index (χ0) is 14.7. The quantitative estimate of drug-likeness (QED) is 0.909. The summed E-state index contributed by atoms with van der Waals surface area (Å²) in [5.74, 6) is 0.381. The van der Waals surface area contributed by atoms with E-state index in [9.17, 15) is 9.90 Å². The van der Waals surface area contributed by atoms with Crippen molar-refractivity contribution in [3.63, 3.8) is 0 Å². The highest BCUT2D eigenvalue weighted by molar-refractivity contribution is 7.14. The van der Waals surface area contributed by atoms with Gasteiger partial charge in [0, 0.05) is 22.9 Å². The maximum atomic E-state index is 12.1. The largest absolute Gasteiger partial charge is 0.393 e. The summed E-state index contributed by atoms with van der Waals surface area (Å²) in [6.07, 6.45) is 3.51. The fourth-order valence-electron chi connectivity index (χ4n) is 2.57. The van der Waals surface area contributed by atoms with Gasteiger partial charge in [0.1, 0.15) is 10.7 Å². The van der Waals surface area contributed by atoms with E-state index in [1.54, 1.807) is 11.3 Å². The number of aliphatic hydroxyl groups is 1. The minimum atomic E-state index is -0.149. The molecule has 1 amide bonds. The van der Waals surface area contributed by atoms with Crippen molar-refractivity contribution in [3.05, 3.63) is 27.9 Å². The molecule has 0 spiro atoms. The van der Waals surface area contributed by atoms with Crippen molar-refractivity contribution in [2.45, 2.75) is 31.8 Å². The first-order chi connectivity index (χ1) is 10.2. The zero-order valence-electron chi connectivity index (χ0n) is 11.6. The van der Waals surface area contributed by atoms with Crippen LogP contribution in [0.25, 0.3) is 10.6 Å². The maximum absolute atomic E-state index is 12.1. The van der Waals surface area contributed by atoms with Crippen molar-refractivity contribution in [3.8, 4) is 10.6 Å². The van der Waals surface area contributed by atoms with E-state index in [0.29, 0.717) is 18.2 Å². The van der Waals surface area contributed by atoms with Gasteiger partial charge in [-0.1, -0.05) is 0 Å². The number of carbonyl (C=O) groups is 1. The Morgan fingerprint density at radius 3 is 2.86 bits per heavy atom. The molecule has 0 atom stereocenters. The van der Waals surface area contributed by atoms with E-state index in [-0.39, 0.29) is 12.0 Å². The summed E-state index contributed by atoms with van der Waals surface area (Å²) in [7, 11) is 0. The molecule has 21 heavy (non-hydrogen) atoms. The van der Waals surface area contributed by atoms with Crippen LogP contribution in [0.5, 0.6) is 0 Å². The second kappa shape index (κ2) is 6.68. The van der Waals surface area contributed by atoms with Gasteiger partial charge in [-0.2, -0.15) is 11.3 Å². The summed E-state index contributed by atoms with van der Waals surface area (Å²) in [5.41, 5.74) is 1.57. The first kappa shape index (κ1) is 14.7. The van der Waals surface area contributed by atoms with Crippen LogP contribution in [-0.4, -0.2) is 28.6 Å². The van der Waals surface area contributed by atoms with Crippen molar-refractivity contribution < 1.29 is 9.90 Å². The molecule has 0 radical (unpaired) electrons. The van der Waals surface area contributed by atoms with Gasteiger partial charge >= 0.3 is 0 Å². The fraction of sp³-hybridized carbons (Fsp3) is 0.467. The summed E-state index contributed by atoms with van der Waals surface area (Å²) in [4.78, 5) is 16.5. The summed E-state index contributed by atoms with van der Waals surface area (Å²) in [6.45, 7) is 0.677. The first-order valence-electron chi connectivity index (χ1n) is 7.16. The summed E-state index contributed by atoms with van der Waals surface area (Å²) in [6, 6.07) is 2.01. The monoisotopic (exact) mass is 322 g/mol. The lowest BCUT2D eigenvalue weighted by molar-refractivity contribution is 0.0906. The van der Waals surface area contributed by atoms with Crippen LogP contribution in [-0.2, 0) is 0 Å². The topological polar surface area (TPSA) is 62.2 Å². The average molecular weight is 322 g/mol. The molecule has 1 saturated carbocycles. The van der Waals surface area contributed by atoms with Gasteiger partial charge in [0.2, 0.25) is 0 Å². The Kier molecular flexibility index (Phi) is 4.67. The van der Waals surface area contributed by atoms with E-state index < -0.39 is 0 Å². The molecule has 2 heterocycles. The van der Waals surface area contributed by atoms with E-state index >= 15 is 0 Å². The van der Waals surface area contributed by atoms with Crippen molar-refractivity contribution >= 4 is 28.6 Å². The number of thiazole rings is 1. The van der Waals surface area contributed by atoms with Gasteiger partial charge in [0.15, 0.2) is 0 Å². The van der Waals surface area contributed by atoms with Crippen molar-refractivity contribution in [1.29, 1.82) is 0 Å². The van der Waals surface area contributed by atoms with Crippen molar-refractivity contribution in [2.24, 2.45) is 5.92 Å².